The maximum absolute atomic E-state index is 4.90. The Labute approximate surface area is 65.1 Å². The van der Waals surface area contributed by atoms with E-state index in [4.69, 9.17) is 4.74 Å². The van der Waals surface area contributed by atoms with Crippen LogP contribution in [0.2, 0.25) is 0 Å². The zero-order valence-electron chi connectivity index (χ0n) is 6.58. The lowest BCUT2D eigenvalue weighted by molar-refractivity contribution is 0.193. The fourth-order valence-corrected chi connectivity index (χ4v) is 0.824. The number of tetrazole rings is 1. The van der Waals surface area contributed by atoms with E-state index in [1.807, 2.05) is 0 Å². The van der Waals surface area contributed by atoms with E-state index in [0.29, 0.717) is 0 Å². The van der Waals surface area contributed by atoms with Crippen molar-refractivity contribution in [1.29, 1.82) is 0 Å². The summed E-state index contributed by atoms with van der Waals surface area (Å²) in [4.78, 5) is 0. The predicted octanol–water partition coefficient (Wildman–Crippen LogP) is 0.169. The highest BCUT2D eigenvalue weighted by atomic mass is 16.5. The zero-order chi connectivity index (χ0) is 7.94. The van der Waals surface area contributed by atoms with Crippen LogP contribution in [0, 0.1) is 0 Å². The maximum atomic E-state index is 4.90. The van der Waals surface area contributed by atoms with Crippen molar-refractivity contribution in [3.8, 4) is 0 Å². The van der Waals surface area contributed by atoms with Crippen molar-refractivity contribution in [3.63, 3.8) is 0 Å². The summed E-state index contributed by atoms with van der Waals surface area (Å²) in [5, 5.41) is 13.4. The highest BCUT2D eigenvalue weighted by Gasteiger charge is 1.95. The lowest BCUT2D eigenvalue weighted by atomic mass is 10.2. The Balaban J connectivity index is 2.04. The first kappa shape index (κ1) is 8.13. The Morgan fingerprint density at radius 1 is 1.45 bits per heavy atom. The van der Waals surface area contributed by atoms with Crippen molar-refractivity contribution >= 4 is 0 Å². The molecule has 1 aromatic rings. The number of H-pyrrole nitrogens is 1. The van der Waals surface area contributed by atoms with Gasteiger partial charge in [-0.3, -0.25) is 0 Å². The van der Waals surface area contributed by atoms with Gasteiger partial charge in [0, 0.05) is 20.1 Å². The number of hydrogen-bond acceptors (Lipinski definition) is 4. The normalized spacial score (nSPS) is 10.3. The SMILES string of the molecule is COCCCCc1nnn[nH]1. The van der Waals surface area contributed by atoms with Gasteiger partial charge in [-0.25, -0.2) is 5.10 Å². The van der Waals surface area contributed by atoms with Crippen molar-refractivity contribution in [2.45, 2.75) is 19.3 Å². The number of rotatable bonds is 5. The second kappa shape index (κ2) is 4.79. The molecule has 0 aliphatic rings. The molecule has 0 spiro atoms. The first-order valence-electron chi connectivity index (χ1n) is 3.65. The van der Waals surface area contributed by atoms with E-state index in [0.717, 1.165) is 31.7 Å². The smallest absolute Gasteiger partial charge is 0.148 e. The average molecular weight is 156 g/mol. The van der Waals surface area contributed by atoms with Gasteiger partial charge in [-0.05, 0) is 23.3 Å². The maximum Gasteiger partial charge on any atom is 0.148 e. The van der Waals surface area contributed by atoms with Crippen LogP contribution in [0.4, 0.5) is 0 Å². The number of hydrogen-bond donors (Lipinski definition) is 1. The van der Waals surface area contributed by atoms with Crippen LogP contribution in [0.25, 0.3) is 0 Å². The van der Waals surface area contributed by atoms with Gasteiger partial charge in [0.15, 0.2) is 0 Å². The summed E-state index contributed by atoms with van der Waals surface area (Å²) in [7, 11) is 1.70. The highest BCUT2D eigenvalue weighted by Crippen LogP contribution is 1.96. The molecule has 62 valence electrons. The number of ether oxygens (including phenoxy) is 1. The van der Waals surface area contributed by atoms with Gasteiger partial charge in [-0.1, -0.05) is 0 Å². The van der Waals surface area contributed by atoms with Gasteiger partial charge in [-0.2, -0.15) is 0 Å². The van der Waals surface area contributed by atoms with Crippen LogP contribution in [0.3, 0.4) is 0 Å². The van der Waals surface area contributed by atoms with Gasteiger partial charge in [0.1, 0.15) is 5.82 Å². The third kappa shape index (κ3) is 3.08. The van der Waals surface area contributed by atoms with Crippen molar-refractivity contribution in [1.82, 2.24) is 20.6 Å². The number of unbranched alkanes of at least 4 members (excludes halogenated alkanes) is 1. The predicted molar refractivity (Wildman–Crippen MR) is 39.0 cm³/mol. The minimum atomic E-state index is 0.807. The lowest BCUT2D eigenvalue weighted by Crippen LogP contribution is -1.93. The second-order valence-electron chi connectivity index (χ2n) is 2.30. The van der Waals surface area contributed by atoms with Crippen LogP contribution in [0.1, 0.15) is 18.7 Å². The molecule has 0 saturated heterocycles. The van der Waals surface area contributed by atoms with Gasteiger partial charge in [0.2, 0.25) is 0 Å². The summed E-state index contributed by atoms with van der Waals surface area (Å²) in [6.45, 7) is 0.807. The fraction of sp³-hybridized carbons (Fsp3) is 0.833. The van der Waals surface area contributed by atoms with Crippen molar-refractivity contribution in [2.75, 3.05) is 13.7 Å². The van der Waals surface area contributed by atoms with Crippen LogP contribution in [-0.2, 0) is 11.2 Å². The number of nitrogens with one attached hydrogen (secondary N) is 1. The Morgan fingerprint density at radius 3 is 3.00 bits per heavy atom. The van der Waals surface area contributed by atoms with Crippen molar-refractivity contribution in [2.24, 2.45) is 0 Å². The first-order valence-corrected chi connectivity index (χ1v) is 3.65. The molecule has 0 bridgehead atoms. The molecule has 11 heavy (non-hydrogen) atoms. The van der Waals surface area contributed by atoms with Crippen LogP contribution >= 0.6 is 0 Å². The molecule has 0 aliphatic heterocycles. The molecule has 5 nitrogen and oxygen atoms in total. The molecule has 0 amide bonds. The number of aryl methyl sites for hydroxylation is 1. The van der Waals surface area contributed by atoms with E-state index in [2.05, 4.69) is 20.6 Å². The van der Waals surface area contributed by atoms with Crippen LogP contribution in [0.5, 0.6) is 0 Å². The minimum Gasteiger partial charge on any atom is -0.385 e. The third-order valence-corrected chi connectivity index (χ3v) is 1.40. The number of methoxy groups -OCH3 is 1. The topological polar surface area (TPSA) is 63.7 Å². The molecule has 0 unspecified atom stereocenters. The molecule has 0 atom stereocenters. The molecule has 0 saturated carbocycles. The first-order chi connectivity index (χ1) is 5.43. The molecule has 5 heteroatoms. The molecular formula is C6H12N4O. The second-order valence-corrected chi connectivity index (χ2v) is 2.30. The fourth-order valence-electron chi connectivity index (χ4n) is 0.824. The van der Waals surface area contributed by atoms with Crippen LogP contribution < -0.4 is 0 Å². The molecule has 0 aliphatic carbocycles. The summed E-state index contributed by atoms with van der Waals surface area (Å²) in [6.07, 6.45) is 3.01. The summed E-state index contributed by atoms with van der Waals surface area (Å²) in [5.74, 6) is 0.848. The molecule has 0 aromatic carbocycles. The van der Waals surface area contributed by atoms with Gasteiger partial charge < -0.3 is 4.74 Å². The number of nitrogens with zero attached hydrogens (tertiary/aromatic N) is 3. The summed E-state index contributed by atoms with van der Waals surface area (Å²) in [6, 6.07) is 0. The summed E-state index contributed by atoms with van der Waals surface area (Å²) >= 11 is 0. The minimum absolute atomic E-state index is 0.807. The average Bonchev–Trinajstić information content (AvgIpc) is 2.50. The monoisotopic (exact) mass is 156 g/mol. The molecule has 0 radical (unpaired) electrons. The highest BCUT2D eigenvalue weighted by molar-refractivity contribution is 4.74. The Bertz CT molecular complexity index is 175. The Hall–Kier alpha value is -0.970. The van der Waals surface area contributed by atoms with Crippen LogP contribution in [0.15, 0.2) is 0 Å². The van der Waals surface area contributed by atoms with Crippen molar-refractivity contribution in [3.05, 3.63) is 5.82 Å². The molecule has 1 aromatic heterocycles. The van der Waals surface area contributed by atoms with E-state index in [1.54, 1.807) is 7.11 Å². The standard InChI is InChI=1S/C6H12N4O/c1-11-5-3-2-4-6-7-9-10-8-6/h2-5H2,1H3,(H,7,8,9,10). The van der Waals surface area contributed by atoms with Crippen LogP contribution in [-0.4, -0.2) is 34.3 Å². The molecule has 0 fully saturated rings. The van der Waals surface area contributed by atoms with E-state index in [1.165, 1.54) is 0 Å². The molecule has 1 N–H and O–H groups in total. The summed E-state index contributed by atoms with van der Waals surface area (Å²) < 4.78 is 4.90. The number of aromatic amines is 1. The summed E-state index contributed by atoms with van der Waals surface area (Å²) in [5.41, 5.74) is 0. The van der Waals surface area contributed by atoms with Gasteiger partial charge in [0.25, 0.3) is 0 Å². The number of aromatic nitrogens is 4. The molecular weight excluding hydrogens is 144 g/mol. The Morgan fingerprint density at radius 2 is 2.36 bits per heavy atom. The van der Waals surface area contributed by atoms with E-state index in [9.17, 15) is 0 Å². The zero-order valence-corrected chi connectivity index (χ0v) is 6.58. The molecule has 1 rings (SSSR count). The Kier molecular flexibility index (Phi) is 3.54. The lowest BCUT2D eigenvalue weighted by Gasteiger charge is -1.95. The quantitative estimate of drug-likeness (QED) is 0.617. The molecule has 1 heterocycles. The van der Waals surface area contributed by atoms with Gasteiger partial charge in [-0.15, -0.1) is 5.10 Å². The van der Waals surface area contributed by atoms with E-state index >= 15 is 0 Å². The van der Waals surface area contributed by atoms with Crippen molar-refractivity contribution < 1.29 is 4.74 Å². The third-order valence-electron chi connectivity index (χ3n) is 1.40. The van der Waals surface area contributed by atoms with Gasteiger partial charge >= 0.3 is 0 Å². The van der Waals surface area contributed by atoms with E-state index < -0.39 is 0 Å². The van der Waals surface area contributed by atoms with E-state index in [-0.39, 0.29) is 0 Å². The largest absolute Gasteiger partial charge is 0.385 e. The van der Waals surface area contributed by atoms with Gasteiger partial charge in [0.05, 0.1) is 0 Å².